The van der Waals surface area contributed by atoms with Crippen LogP contribution in [0.1, 0.15) is 0 Å². The highest BCUT2D eigenvalue weighted by molar-refractivity contribution is 5.30. The molecule has 0 aliphatic carbocycles. The summed E-state index contributed by atoms with van der Waals surface area (Å²) in [4.78, 5) is 10.9. The summed E-state index contributed by atoms with van der Waals surface area (Å²) in [5.74, 6) is 0. The van der Waals surface area contributed by atoms with E-state index in [-0.39, 0.29) is 5.55 Å². The molecule has 18 heavy (non-hydrogen) atoms. The molecule has 2 heterocycles. The Balaban J connectivity index is 1.98. The fourth-order valence-corrected chi connectivity index (χ4v) is 1.48. The van der Waals surface area contributed by atoms with Crippen molar-refractivity contribution in [2.45, 2.75) is 0 Å². The smallest absolute Gasteiger partial charge is 0.389 e. The van der Waals surface area contributed by atoms with Crippen LogP contribution in [-0.2, 0) is 0 Å². The van der Waals surface area contributed by atoms with E-state index < -0.39 is 5.63 Å². The average molecular weight is 245 g/mol. The molecule has 0 saturated heterocycles. The molecule has 0 amide bonds. The van der Waals surface area contributed by atoms with Gasteiger partial charge in [0, 0.05) is 24.3 Å². The van der Waals surface area contributed by atoms with Gasteiger partial charge in [0.2, 0.25) is 17.6 Å². The Labute approximate surface area is 99.1 Å². The van der Waals surface area contributed by atoms with E-state index in [1.54, 1.807) is 24.3 Å². The molecule has 3 aromatic rings. The lowest BCUT2D eigenvalue weighted by molar-refractivity contribution is -0.679. The zero-order chi connectivity index (χ0) is 12.5. The van der Waals surface area contributed by atoms with Gasteiger partial charge in [-0.25, -0.2) is 19.4 Å². The average Bonchev–Trinajstić information content (AvgIpc) is 2.98. The number of rotatable bonds is 2. The van der Waals surface area contributed by atoms with Crippen molar-refractivity contribution in [3.8, 4) is 11.4 Å². The summed E-state index contributed by atoms with van der Waals surface area (Å²) in [5.41, 5.74) is 0.872. The standard InChI is InChI=1S/C10H7N5O3/c11-9-5-14(12-17-9)7-1-3-8(4-2-7)15-6-10(16)18-13-15/h1-6,11H. The third kappa shape index (κ3) is 1.75. The minimum atomic E-state index is -0.510. The van der Waals surface area contributed by atoms with E-state index >= 15 is 0 Å². The third-order valence-corrected chi connectivity index (χ3v) is 2.29. The molecule has 0 bridgehead atoms. The molecule has 0 spiro atoms. The molecule has 90 valence electrons. The van der Waals surface area contributed by atoms with Crippen molar-refractivity contribution in [3.05, 3.63) is 52.6 Å². The van der Waals surface area contributed by atoms with Crippen molar-refractivity contribution in [2.75, 3.05) is 0 Å². The van der Waals surface area contributed by atoms with Crippen molar-refractivity contribution >= 4 is 0 Å². The second-order valence-electron chi connectivity index (χ2n) is 3.49. The van der Waals surface area contributed by atoms with Gasteiger partial charge in [-0.3, -0.25) is 10.7 Å². The molecular formula is C10H7N5O3. The fraction of sp³-hybridized carbons (Fsp3) is 0. The van der Waals surface area contributed by atoms with Crippen LogP contribution in [0.5, 0.6) is 0 Å². The molecular weight excluding hydrogens is 238 g/mol. The fourth-order valence-electron chi connectivity index (χ4n) is 1.48. The lowest BCUT2D eigenvalue weighted by Gasteiger charge is -1.98. The van der Waals surface area contributed by atoms with Gasteiger partial charge in [-0.2, -0.15) is 0 Å². The molecule has 1 aromatic carbocycles. The van der Waals surface area contributed by atoms with Gasteiger partial charge >= 0.3 is 5.63 Å². The first kappa shape index (κ1) is 10.3. The topological polar surface area (TPSA) is 103 Å². The van der Waals surface area contributed by atoms with Gasteiger partial charge in [-0.05, 0) is 0 Å². The van der Waals surface area contributed by atoms with E-state index in [0.29, 0.717) is 5.69 Å². The molecule has 0 aliphatic heterocycles. The van der Waals surface area contributed by atoms with Crippen LogP contribution in [0.3, 0.4) is 0 Å². The summed E-state index contributed by atoms with van der Waals surface area (Å²) in [7, 11) is 0. The maximum Gasteiger partial charge on any atom is 0.389 e. The van der Waals surface area contributed by atoms with E-state index in [4.69, 9.17) is 5.41 Å². The zero-order valence-electron chi connectivity index (χ0n) is 8.98. The lowest BCUT2D eigenvalue weighted by atomic mass is 10.3. The van der Waals surface area contributed by atoms with Gasteiger partial charge in [0.05, 0.1) is 0 Å². The Morgan fingerprint density at radius 2 is 1.50 bits per heavy atom. The maximum atomic E-state index is 10.9. The van der Waals surface area contributed by atoms with Crippen LogP contribution in [0, 0.1) is 5.41 Å². The Morgan fingerprint density at radius 3 is 1.94 bits per heavy atom. The van der Waals surface area contributed by atoms with Gasteiger partial charge < -0.3 is 9.05 Å². The van der Waals surface area contributed by atoms with Crippen molar-refractivity contribution in [2.24, 2.45) is 0 Å². The van der Waals surface area contributed by atoms with Crippen LogP contribution in [0.15, 0.2) is 50.5 Å². The number of benzene rings is 1. The molecule has 0 saturated carbocycles. The molecule has 8 nitrogen and oxygen atoms in total. The summed E-state index contributed by atoms with van der Waals surface area (Å²) in [6.07, 6.45) is 2.67. The molecule has 0 radical (unpaired) electrons. The predicted octanol–water partition coefficient (Wildman–Crippen LogP) is -1.82. The minimum absolute atomic E-state index is 0.0269. The van der Waals surface area contributed by atoms with Gasteiger partial charge in [-0.15, -0.1) is 0 Å². The predicted molar refractivity (Wildman–Crippen MR) is 52.8 cm³/mol. The van der Waals surface area contributed by atoms with E-state index in [0.717, 1.165) is 5.69 Å². The summed E-state index contributed by atoms with van der Waals surface area (Å²) in [6, 6.07) is 6.98. The first-order valence-corrected chi connectivity index (χ1v) is 4.99. The van der Waals surface area contributed by atoms with Crippen molar-refractivity contribution in [1.29, 1.82) is 5.41 Å². The second kappa shape index (κ2) is 3.84. The number of hydrogen-bond donors (Lipinski definition) is 1. The minimum Gasteiger partial charge on any atom is -0.487 e. The SMILES string of the molecule is N=c1c[n+](-c2ccc(-[n+]3cc(=O)o[n-]3)cc2)[n-]o1. The first-order valence-electron chi connectivity index (χ1n) is 4.99. The zero-order valence-corrected chi connectivity index (χ0v) is 8.98. The Kier molecular flexibility index (Phi) is 2.19. The Bertz CT molecular complexity index is 709. The Hall–Kier alpha value is -2.90. The summed E-state index contributed by atoms with van der Waals surface area (Å²) >= 11 is 0. The summed E-state index contributed by atoms with van der Waals surface area (Å²) in [6.45, 7) is 0. The molecule has 1 N–H and O–H groups in total. The van der Waals surface area contributed by atoms with Gasteiger partial charge in [0.25, 0.3) is 11.8 Å². The van der Waals surface area contributed by atoms with E-state index in [1.165, 1.54) is 21.8 Å². The highest BCUT2D eigenvalue weighted by Crippen LogP contribution is 2.01. The maximum absolute atomic E-state index is 10.9. The van der Waals surface area contributed by atoms with Crippen molar-refractivity contribution in [1.82, 2.24) is 10.5 Å². The van der Waals surface area contributed by atoms with E-state index in [9.17, 15) is 4.79 Å². The van der Waals surface area contributed by atoms with Gasteiger partial charge in [0.15, 0.2) is 0 Å². The third-order valence-electron chi connectivity index (χ3n) is 2.29. The molecule has 0 fully saturated rings. The largest absolute Gasteiger partial charge is 0.487 e. The highest BCUT2D eigenvalue weighted by atomic mass is 16.5. The van der Waals surface area contributed by atoms with E-state index in [1.807, 2.05) is 0 Å². The van der Waals surface area contributed by atoms with Crippen LogP contribution >= 0.6 is 0 Å². The van der Waals surface area contributed by atoms with Crippen molar-refractivity contribution < 1.29 is 18.4 Å². The molecule has 8 heteroatoms. The monoisotopic (exact) mass is 245 g/mol. The lowest BCUT2D eigenvalue weighted by Crippen LogP contribution is -2.36. The molecule has 3 rings (SSSR count). The second-order valence-corrected chi connectivity index (χ2v) is 3.49. The normalized spacial score (nSPS) is 10.7. The molecule has 2 aromatic heterocycles. The number of aromatic nitrogens is 4. The van der Waals surface area contributed by atoms with Crippen LogP contribution in [-0.4, -0.2) is 0 Å². The summed E-state index contributed by atoms with van der Waals surface area (Å²) < 4.78 is 11.8. The number of nitrogens with one attached hydrogen (secondary N) is 1. The van der Waals surface area contributed by atoms with Gasteiger partial charge in [0.1, 0.15) is 0 Å². The van der Waals surface area contributed by atoms with Crippen LogP contribution in [0.25, 0.3) is 11.4 Å². The van der Waals surface area contributed by atoms with Crippen LogP contribution in [0.4, 0.5) is 0 Å². The number of hydrogen-bond acceptors (Lipinski definition) is 4. The highest BCUT2D eigenvalue weighted by Gasteiger charge is 2.07. The van der Waals surface area contributed by atoms with Crippen LogP contribution < -0.4 is 31.1 Å². The summed E-state index contributed by atoms with van der Waals surface area (Å²) in [5, 5.41) is 14.4. The van der Waals surface area contributed by atoms with Crippen LogP contribution in [0.2, 0.25) is 0 Å². The molecule has 0 atom stereocenters. The van der Waals surface area contributed by atoms with E-state index in [2.05, 4.69) is 19.6 Å². The van der Waals surface area contributed by atoms with Crippen molar-refractivity contribution in [3.63, 3.8) is 0 Å². The van der Waals surface area contributed by atoms with Gasteiger partial charge in [-0.1, -0.05) is 0 Å². The molecule has 0 aliphatic rings. The quantitative estimate of drug-likeness (QED) is 0.535. The first-order chi connectivity index (χ1) is 8.72. The number of nitrogens with zero attached hydrogens (tertiary/aromatic N) is 4. The Morgan fingerprint density at radius 1 is 0.944 bits per heavy atom. The molecule has 0 unspecified atom stereocenters.